The van der Waals surface area contributed by atoms with Gasteiger partial charge in [0.1, 0.15) is 0 Å². The molecule has 0 radical (unpaired) electrons. The Hall–Kier alpha value is -0.0400. The van der Waals surface area contributed by atoms with Crippen molar-refractivity contribution in [3.63, 3.8) is 0 Å². The molecule has 1 aliphatic rings. The Labute approximate surface area is 102 Å². The van der Waals surface area contributed by atoms with Gasteiger partial charge in [0.2, 0.25) is 0 Å². The van der Waals surface area contributed by atoms with E-state index in [0.29, 0.717) is 5.41 Å². The van der Waals surface area contributed by atoms with Crippen molar-refractivity contribution in [2.75, 3.05) is 6.54 Å². The van der Waals surface area contributed by atoms with E-state index < -0.39 is 0 Å². The van der Waals surface area contributed by atoms with E-state index in [1.807, 2.05) is 0 Å². The zero-order valence-corrected chi connectivity index (χ0v) is 12.0. The van der Waals surface area contributed by atoms with E-state index in [1.54, 1.807) is 0 Å². The van der Waals surface area contributed by atoms with Crippen LogP contribution in [0.2, 0.25) is 0 Å². The minimum atomic E-state index is 0.452. The molecular formula is C15H31N. The highest BCUT2D eigenvalue weighted by Crippen LogP contribution is 2.34. The first-order valence-electron chi connectivity index (χ1n) is 7.16. The molecule has 1 nitrogen and oxygen atoms in total. The van der Waals surface area contributed by atoms with Gasteiger partial charge in [-0.25, -0.2) is 0 Å². The summed E-state index contributed by atoms with van der Waals surface area (Å²) in [7, 11) is 0. The van der Waals surface area contributed by atoms with Crippen LogP contribution in [0.25, 0.3) is 0 Å². The van der Waals surface area contributed by atoms with Crippen molar-refractivity contribution < 1.29 is 0 Å². The highest BCUT2D eigenvalue weighted by Gasteiger charge is 2.26. The standard InChI is InChI=1S/C15H31N/c1-6-16-14(11-13-8-7-9-13)10-12(2)15(3,4)5/h12-14,16H,6-11H2,1-5H3. The molecule has 0 aromatic rings. The first-order chi connectivity index (χ1) is 7.43. The molecule has 1 aliphatic carbocycles. The summed E-state index contributed by atoms with van der Waals surface area (Å²) in [5, 5.41) is 3.68. The highest BCUT2D eigenvalue weighted by molar-refractivity contribution is 4.81. The summed E-state index contributed by atoms with van der Waals surface area (Å²) in [6.45, 7) is 12.9. The number of hydrogen-bond donors (Lipinski definition) is 1. The van der Waals surface area contributed by atoms with E-state index in [9.17, 15) is 0 Å². The zero-order valence-electron chi connectivity index (χ0n) is 12.0. The Morgan fingerprint density at radius 1 is 1.25 bits per heavy atom. The van der Waals surface area contributed by atoms with E-state index in [0.717, 1.165) is 24.4 Å². The first kappa shape index (κ1) is 14.0. The van der Waals surface area contributed by atoms with Crippen LogP contribution in [0, 0.1) is 17.3 Å². The van der Waals surface area contributed by atoms with Gasteiger partial charge in [0.05, 0.1) is 0 Å². The maximum atomic E-state index is 3.68. The van der Waals surface area contributed by atoms with Gasteiger partial charge >= 0.3 is 0 Å². The van der Waals surface area contributed by atoms with Crippen molar-refractivity contribution >= 4 is 0 Å². The monoisotopic (exact) mass is 225 g/mol. The SMILES string of the molecule is CCNC(CC1CCC1)CC(C)C(C)(C)C. The predicted octanol–water partition coefficient (Wildman–Crippen LogP) is 4.23. The van der Waals surface area contributed by atoms with Gasteiger partial charge in [-0.15, -0.1) is 0 Å². The van der Waals surface area contributed by atoms with Crippen molar-refractivity contribution in [3.8, 4) is 0 Å². The van der Waals surface area contributed by atoms with Crippen LogP contribution in [-0.4, -0.2) is 12.6 Å². The third kappa shape index (κ3) is 4.45. The van der Waals surface area contributed by atoms with E-state index in [4.69, 9.17) is 0 Å². The molecule has 1 N–H and O–H groups in total. The molecule has 2 unspecified atom stereocenters. The molecule has 1 heteroatoms. The maximum Gasteiger partial charge on any atom is 0.00723 e. The fourth-order valence-electron chi connectivity index (χ4n) is 2.46. The number of hydrogen-bond acceptors (Lipinski definition) is 1. The van der Waals surface area contributed by atoms with Gasteiger partial charge in [-0.05, 0) is 36.6 Å². The fourth-order valence-corrected chi connectivity index (χ4v) is 2.46. The Bertz CT molecular complexity index is 188. The lowest BCUT2D eigenvalue weighted by molar-refractivity contribution is 0.191. The highest BCUT2D eigenvalue weighted by atomic mass is 14.9. The van der Waals surface area contributed by atoms with Crippen molar-refractivity contribution in [3.05, 3.63) is 0 Å². The molecule has 0 heterocycles. The Kier molecular flexibility index (Phi) is 5.30. The van der Waals surface area contributed by atoms with Crippen molar-refractivity contribution in [2.24, 2.45) is 17.3 Å². The predicted molar refractivity (Wildman–Crippen MR) is 72.7 cm³/mol. The van der Waals surface area contributed by atoms with E-state index in [-0.39, 0.29) is 0 Å². The second-order valence-electron chi connectivity index (χ2n) is 6.79. The summed E-state index contributed by atoms with van der Waals surface area (Å²) < 4.78 is 0. The molecule has 0 aliphatic heterocycles. The normalized spacial score (nSPS) is 21.6. The largest absolute Gasteiger partial charge is 0.314 e. The van der Waals surface area contributed by atoms with Crippen LogP contribution in [0.5, 0.6) is 0 Å². The molecule has 96 valence electrons. The average Bonchev–Trinajstić information content (AvgIpc) is 2.09. The minimum absolute atomic E-state index is 0.452. The van der Waals surface area contributed by atoms with Gasteiger partial charge in [-0.2, -0.15) is 0 Å². The van der Waals surface area contributed by atoms with Crippen LogP contribution in [0.15, 0.2) is 0 Å². The van der Waals surface area contributed by atoms with Gasteiger partial charge in [-0.3, -0.25) is 0 Å². The second kappa shape index (κ2) is 6.05. The molecule has 1 fully saturated rings. The van der Waals surface area contributed by atoms with Gasteiger partial charge in [-0.1, -0.05) is 53.9 Å². The van der Waals surface area contributed by atoms with Crippen LogP contribution < -0.4 is 5.32 Å². The summed E-state index contributed by atoms with van der Waals surface area (Å²) in [5.41, 5.74) is 0.452. The molecular weight excluding hydrogens is 194 g/mol. The Morgan fingerprint density at radius 2 is 1.88 bits per heavy atom. The van der Waals surface area contributed by atoms with Gasteiger partial charge in [0.15, 0.2) is 0 Å². The number of rotatable bonds is 6. The molecule has 0 saturated heterocycles. The summed E-state index contributed by atoms with van der Waals surface area (Å²) in [5.74, 6) is 1.83. The summed E-state index contributed by atoms with van der Waals surface area (Å²) in [6, 6.07) is 0.754. The molecule has 0 aromatic carbocycles. The summed E-state index contributed by atoms with van der Waals surface area (Å²) >= 11 is 0. The third-order valence-electron chi connectivity index (χ3n) is 4.45. The average molecular weight is 225 g/mol. The minimum Gasteiger partial charge on any atom is -0.314 e. The Morgan fingerprint density at radius 3 is 2.25 bits per heavy atom. The lowest BCUT2D eigenvalue weighted by Gasteiger charge is -2.35. The first-order valence-corrected chi connectivity index (χ1v) is 7.16. The summed E-state index contributed by atoms with van der Waals surface area (Å²) in [6.07, 6.45) is 7.18. The van der Waals surface area contributed by atoms with E-state index in [1.165, 1.54) is 32.1 Å². The molecule has 0 spiro atoms. The number of nitrogens with one attached hydrogen (secondary N) is 1. The smallest absolute Gasteiger partial charge is 0.00723 e. The van der Waals surface area contributed by atoms with E-state index >= 15 is 0 Å². The molecule has 0 amide bonds. The molecule has 2 atom stereocenters. The quantitative estimate of drug-likeness (QED) is 0.713. The van der Waals surface area contributed by atoms with Gasteiger partial charge in [0.25, 0.3) is 0 Å². The lowest BCUT2D eigenvalue weighted by atomic mass is 9.75. The molecule has 0 aromatic heterocycles. The van der Waals surface area contributed by atoms with Crippen molar-refractivity contribution in [2.45, 2.75) is 72.8 Å². The molecule has 0 bridgehead atoms. The molecule has 1 rings (SSSR count). The third-order valence-corrected chi connectivity index (χ3v) is 4.45. The molecule has 1 saturated carbocycles. The second-order valence-corrected chi connectivity index (χ2v) is 6.79. The van der Waals surface area contributed by atoms with Crippen LogP contribution >= 0.6 is 0 Å². The van der Waals surface area contributed by atoms with Gasteiger partial charge < -0.3 is 5.32 Å². The van der Waals surface area contributed by atoms with Crippen LogP contribution in [-0.2, 0) is 0 Å². The van der Waals surface area contributed by atoms with Crippen LogP contribution in [0.1, 0.15) is 66.7 Å². The van der Waals surface area contributed by atoms with Crippen molar-refractivity contribution in [1.29, 1.82) is 0 Å². The Balaban J connectivity index is 2.36. The fraction of sp³-hybridized carbons (Fsp3) is 1.00. The summed E-state index contributed by atoms with van der Waals surface area (Å²) in [4.78, 5) is 0. The lowest BCUT2D eigenvalue weighted by Crippen LogP contribution is -2.36. The van der Waals surface area contributed by atoms with Crippen LogP contribution in [0.3, 0.4) is 0 Å². The van der Waals surface area contributed by atoms with E-state index in [2.05, 4.69) is 39.9 Å². The van der Waals surface area contributed by atoms with Crippen molar-refractivity contribution in [1.82, 2.24) is 5.32 Å². The van der Waals surface area contributed by atoms with Gasteiger partial charge in [0, 0.05) is 6.04 Å². The maximum absolute atomic E-state index is 3.68. The zero-order chi connectivity index (χ0) is 12.2. The topological polar surface area (TPSA) is 12.0 Å². The van der Waals surface area contributed by atoms with Crippen LogP contribution in [0.4, 0.5) is 0 Å². The molecule has 16 heavy (non-hydrogen) atoms.